The third-order valence-electron chi connectivity index (χ3n) is 3.44. The van der Waals surface area contributed by atoms with Crippen LogP contribution in [0.3, 0.4) is 0 Å². The average Bonchev–Trinajstić information content (AvgIpc) is 2.78. The van der Waals surface area contributed by atoms with E-state index in [0.717, 1.165) is 4.90 Å². The van der Waals surface area contributed by atoms with Crippen molar-refractivity contribution in [2.45, 2.75) is 6.92 Å². The molecule has 0 saturated carbocycles. The highest BCUT2D eigenvalue weighted by Crippen LogP contribution is 2.42. The SMILES string of the molecule is CC(=O)N1C(=O)/C(=C(/Cl)c2cccc(Cl)c2)c2ccccc21. The van der Waals surface area contributed by atoms with Gasteiger partial charge in [-0.1, -0.05) is 53.5 Å². The summed E-state index contributed by atoms with van der Waals surface area (Å²) in [6.07, 6.45) is 0. The van der Waals surface area contributed by atoms with Crippen LogP contribution in [0.15, 0.2) is 48.5 Å². The zero-order valence-corrected chi connectivity index (χ0v) is 13.2. The summed E-state index contributed by atoms with van der Waals surface area (Å²) in [5.41, 5.74) is 2.15. The van der Waals surface area contributed by atoms with Crippen LogP contribution in [0.1, 0.15) is 18.1 Å². The van der Waals surface area contributed by atoms with Crippen LogP contribution < -0.4 is 4.90 Å². The standard InChI is InChI=1S/C17H11Cl2NO2/c1-10(21)20-14-8-3-2-7-13(14)15(17(20)22)16(19)11-5-4-6-12(18)9-11/h2-9H,1H3/b16-15+. The minimum absolute atomic E-state index is 0.281. The molecular formula is C17H11Cl2NO2. The number of fused-ring (bicyclic) bond motifs is 1. The summed E-state index contributed by atoms with van der Waals surface area (Å²) in [6.45, 7) is 1.35. The molecule has 0 saturated heterocycles. The lowest BCUT2D eigenvalue weighted by Crippen LogP contribution is -2.31. The molecular weight excluding hydrogens is 321 g/mol. The van der Waals surface area contributed by atoms with Gasteiger partial charge in [0.25, 0.3) is 5.91 Å². The Balaban J connectivity index is 2.25. The molecule has 1 aliphatic rings. The van der Waals surface area contributed by atoms with Crippen molar-refractivity contribution >= 4 is 51.3 Å². The molecule has 1 heterocycles. The topological polar surface area (TPSA) is 37.4 Å². The van der Waals surface area contributed by atoms with Gasteiger partial charge in [0.1, 0.15) is 0 Å². The van der Waals surface area contributed by atoms with E-state index in [1.54, 1.807) is 48.5 Å². The van der Waals surface area contributed by atoms with E-state index >= 15 is 0 Å². The third-order valence-corrected chi connectivity index (χ3v) is 4.09. The average molecular weight is 332 g/mol. The van der Waals surface area contributed by atoms with Crippen LogP contribution in [0.5, 0.6) is 0 Å². The Hall–Kier alpha value is -2.10. The molecule has 3 nitrogen and oxygen atoms in total. The van der Waals surface area contributed by atoms with E-state index in [1.807, 2.05) is 0 Å². The van der Waals surface area contributed by atoms with E-state index in [2.05, 4.69) is 0 Å². The first-order chi connectivity index (χ1) is 10.5. The van der Waals surface area contributed by atoms with E-state index in [9.17, 15) is 9.59 Å². The van der Waals surface area contributed by atoms with Gasteiger partial charge in [0, 0.05) is 17.5 Å². The number of carbonyl (C=O) groups excluding carboxylic acids is 2. The summed E-state index contributed by atoms with van der Waals surface area (Å²) in [6, 6.07) is 14.0. The van der Waals surface area contributed by atoms with E-state index in [0.29, 0.717) is 27.4 Å². The minimum atomic E-state index is -0.418. The Kier molecular flexibility index (Phi) is 3.77. The monoisotopic (exact) mass is 331 g/mol. The number of imide groups is 1. The van der Waals surface area contributed by atoms with E-state index in [4.69, 9.17) is 23.2 Å². The molecule has 1 aliphatic heterocycles. The fraction of sp³-hybridized carbons (Fsp3) is 0.0588. The molecule has 3 rings (SSSR count). The lowest BCUT2D eigenvalue weighted by atomic mass is 10.0. The zero-order chi connectivity index (χ0) is 15.9. The summed E-state index contributed by atoms with van der Waals surface area (Å²) in [5, 5.41) is 0.808. The molecule has 22 heavy (non-hydrogen) atoms. The van der Waals surface area contributed by atoms with Crippen molar-refractivity contribution in [1.29, 1.82) is 0 Å². The van der Waals surface area contributed by atoms with Crippen LogP contribution in [0.2, 0.25) is 5.02 Å². The quantitative estimate of drug-likeness (QED) is 0.729. The smallest absolute Gasteiger partial charge is 0.267 e. The summed E-state index contributed by atoms with van der Waals surface area (Å²) in [4.78, 5) is 25.6. The second-order valence-corrected chi connectivity index (χ2v) is 5.69. The van der Waals surface area contributed by atoms with Gasteiger partial charge in [-0.25, -0.2) is 4.90 Å². The Morgan fingerprint density at radius 2 is 1.82 bits per heavy atom. The first kappa shape index (κ1) is 14.8. The maximum atomic E-state index is 12.6. The highest BCUT2D eigenvalue weighted by atomic mass is 35.5. The molecule has 0 fully saturated rings. The zero-order valence-electron chi connectivity index (χ0n) is 11.6. The largest absolute Gasteiger partial charge is 0.274 e. The van der Waals surface area contributed by atoms with Crippen LogP contribution in [0, 0.1) is 0 Å². The molecule has 0 unspecified atom stereocenters. The molecule has 0 aliphatic carbocycles. The van der Waals surface area contributed by atoms with Gasteiger partial charge in [-0.2, -0.15) is 0 Å². The fourth-order valence-electron chi connectivity index (χ4n) is 2.51. The van der Waals surface area contributed by atoms with Gasteiger partial charge in [0.2, 0.25) is 5.91 Å². The minimum Gasteiger partial charge on any atom is -0.274 e. The maximum Gasteiger partial charge on any atom is 0.267 e. The van der Waals surface area contributed by atoms with Crippen molar-refractivity contribution in [3.63, 3.8) is 0 Å². The van der Waals surface area contributed by atoms with Crippen molar-refractivity contribution < 1.29 is 9.59 Å². The number of hydrogen-bond acceptors (Lipinski definition) is 2. The highest BCUT2D eigenvalue weighted by molar-refractivity contribution is 6.60. The number of halogens is 2. The number of nitrogens with zero attached hydrogens (tertiary/aromatic N) is 1. The maximum absolute atomic E-state index is 12.6. The number of para-hydroxylation sites is 1. The molecule has 0 aromatic heterocycles. The van der Waals surface area contributed by atoms with Gasteiger partial charge in [-0.15, -0.1) is 0 Å². The Labute approximate surface area is 137 Å². The summed E-state index contributed by atoms with van der Waals surface area (Å²) in [7, 11) is 0. The van der Waals surface area contributed by atoms with Gasteiger partial charge in [-0.3, -0.25) is 9.59 Å². The Bertz CT molecular complexity index is 827. The Morgan fingerprint density at radius 3 is 2.50 bits per heavy atom. The van der Waals surface area contributed by atoms with E-state index < -0.39 is 5.91 Å². The molecule has 0 bridgehead atoms. The van der Waals surface area contributed by atoms with Crippen molar-refractivity contribution in [1.82, 2.24) is 0 Å². The molecule has 0 N–H and O–H groups in total. The van der Waals surface area contributed by atoms with E-state index in [1.165, 1.54) is 6.92 Å². The molecule has 2 aromatic rings. The lowest BCUT2D eigenvalue weighted by molar-refractivity contribution is -0.122. The molecule has 0 spiro atoms. The van der Waals surface area contributed by atoms with Crippen molar-refractivity contribution in [3.05, 3.63) is 64.7 Å². The molecule has 2 amide bonds. The highest BCUT2D eigenvalue weighted by Gasteiger charge is 2.36. The lowest BCUT2D eigenvalue weighted by Gasteiger charge is -2.11. The van der Waals surface area contributed by atoms with Gasteiger partial charge in [-0.05, 0) is 23.8 Å². The third kappa shape index (κ3) is 2.32. The summed E-state index contributed by atoms with van der Waals surface area (Å²) >= 11 is 12.4. The predicted octanol–water partition coefficient (Wildman–Crippen LogP) is 4.34. The fourth-order valence-corrected chi connectivity index (χ4v) is 3.00. The van der Waals surface area contributed by atoms with Gasteiger partial charge < -0.3 is 0 Å². The summed E-state index contributed by atoms with van der Waals surface area (Å²) < 4.78 is 0. The summed E-state index contributed by atoms with van der Waals surface area (Å²) in [5.74, 6) is -0.762. The molecule has 5 heteroatoms. The Morgan fingerprint density at radius 1 is 1.09 bits per heavy atom. The van der Waals surface area contributed by atoms with Crippen molar-refractivity contribution in [2.75, 3.05) is 4.90 Å². The van der Waals surface area contributed by atoms with E-state index in [-0.39, 0.29) is 10.9 Å². The number of amides is 2. The van der Waals surface area contributed by atoms with Gasteiger partial charge in [0.05, 0.1) is 16.3 Å². The number of hydrogen-bond donors (Lipinski definition) is 0. The first-order valence-corrected chi connectivity index (χ1v) is 7.36. The van der Waals surface area contributed by atoms with Crippen LogP contribution in [-0.4, -0.2) is 11.8 Å². The van der Waals surface area contributed by atoms with Gasteiger partial charge >= 0.3 is 0 Å². The molecule has 2 aromatic carbocycles. The normalized spacial score (nSPS) is 15.8. The van der Waals surface area contributed by atoms with Crippen LogP contribution >= 0.6 is 23.2 Å². The van der Waals surface area contributed by atoms with Crippen molar-refractivity contribution in [2.24, 2.45) is 0 Å². The van der Waals surface area contributed by atoms with Crippen LogP contribution in [-0.2, 0) is 9.59 Å². The van der Waals surface area contributed by atoms with Crippen molar-refractivity contribution in [3.8, 4) is 0 Å². The number of benzene rings is 2. The number of carbonyl (C=O) groups is 2. The predicted molar refractivity (Wildman–Crippen MR) is 88.7 cm³/mol. The number of rotatable bonds is 1. The second kappa shape index (κ2) is 5.59. The van der Waals surface area contributed by atoms with Gasteiger partial charge in [0.15, 0.2) is 0 Å². The van der Waals surface area contributed by atoms with Crippen LogP contribution in [0.25, 0.3) is 10.6 Å². The number of anilines is 1. The second-order valence-electron chi connectivity index (χ2n) is 4.88. The molecule has 0 radical (unpaired) electrons. The molecule has 0 atom stereocenters. The molecule has 110 valence electrons. The first-order valence-electron chi connectivity index (χ1n) is 6.61. The van der Waals surface area contributed by atoms with Crippen LogP contribution in [0.4, 0.5) is 5.69 Å².